The lowest BCUT2D eigenvalue weighted by Crippen LogP contribution is -2.41. The van der Waals surface area contributed by atoms with Crippen LogP contribution in [0.2, 0.25) is 0 Å². The number of rotatable bonds is 6. The van der Waals surface area contributed by atoms with Gasteiger partial charge in [-0.1, -0.05) is 66.7 Å². The highest BCUT2D eigenvalue weighted by atomic mass is 16.4. The molecule has 0 spiro atoms. The smallest absolute Gasteiger partial charge is 0.336 e. The van der Waals surface area contributed by atoms with Crippen LogP contribution in [0.15, 0.2) is 84.0 Å². The van der Waals surface area contributed by atoms with Gasteiger partial charge in [0.2, 0.25) is 0 Å². The summed E-state index contributed by atoms with van der Waals surface area (Å²) in [5.41, 5.74) is -2.20. The minimum absolute atomic E-state index is 0.167. The highest BCUT2D eigenvalue weighted by Crippen LogP contribution is 2.39. The molecule has 0 amide bonds. The Balaban J connectivity index is 2.11. The van der Waals surface area contributed by atoms with Crippen LogP contribution >= 0.6 is 0 Å². The third-order valence-electron chi connectivity index (χ3n) is 4.68. The summed E-state index contributed by atoms with van der Waals surface area (Å²) in [6, 6.07) is 15.8. The zero-order valence-corrected chi connectivity index (χ0v) is 14.7. The summed E-state index contributed by atoms with van der Waals surface area (Å²) in [6.07, 6.45) is 1.56. The van der Waals surface area contributed by atoms with Crippen molar-refractivity contribution in [3.63, 3.8) is 0 Å². The zero-order chi connectivity index (χ0) is 20.3. The number of carbonyl (C=O) groups is 4. The number of benzene rings is 2. The number of allylic oxidation sites excluding steroid dienone is 1. The molecule has 3 rings (SSSR count). The number of aliphatic carboxylic acids is 2. The molecule has 1 aliphatic rings. The molecule has 2 aromatic rings. The van der Waals surface area contributed by atoms with Crippen LogP contribution in [-0.4, -0.2) is 33.7 Å². The molecule has 0 saturated carbocycles. The first-order valence-electron chi connectivity index (χ1n) is 8.45. The van der Waals surface area contributed by atoms with E-state index in [-0.39, 0.29) is 22.3 Å². The quantitative estimate of drug-likeness (QED) is 0.592. The molecular formula is C22H16O6. The Morgan fingerprint density at radius 1 is 0.786 bits per heavy atom. The van der Waals surface area contributed by atoms with Crippen LogP contribution < -0.4 is 0 Å². The first-order chi connectivity index (χ1) is 13.4. The van der Waals surface area contributed by atoms with Gasteiger partial charge in [0.05, 0.1) is 5.57 Å². The summed E-state index contributed by atoms with van der Waals surface area (Å²) in [4.78, 5) is 49.7. The molecule has 6 heteroatoms. The van der Waals surface area contributed by atoms with E-state index in [0.29, 0.717) is 0 Å². The number of hydrogen-bond donors (Lipinski definition) is 2. The van der Waals surface area contributed by atoms with E-state index in [9.17, 15) is 29.4 Å². The molecule has 0 heterocycles. The molecule has 1 unspecified atom stereocenters. The van der Waals surface area contributed by atoms with Crippen molar-refractivity contribution in [3.05, 3.63) is 95.1 Å². The van der Waals surface area contributed by atoms with Crippen molar-refractivity contribution >= 4 is 23.5 Å². The average molecular weight is 376 g/mol. The van der Waals surface area contributed by atoms with E-state index < -0.39 is 35.3 Å². The Labute approximate surface area is 160 Å². The number of hydrogen-bond acceptors (Lipinski definition) is 4. The number of Topliss-reactive ketones (excluding diaryl/α,β-unsaturated/α-hetero) is 2. The van der Waals surface area contributed by atoms with Gasteiger partial charge in [0.15, 0.2) is 17.0 Å². The number of carboxylic acid groups (broad SMARTS) is 2. The second-order valence-electron chi connectivity index (χ2n) is 6.37. The normalized spacial score (nSPS) is 18.6. The van der Waals surface area contributed by atoms with Crippen molar-refractivity contribution in [2.24, 2.45) is 5.41 Å². The molecule has 0 radical (unpaired) electrons. The lowest BCUT2D eigenvalue weighted by atomic mass is 9.70. The molecule has 140 valence electrons. The van der Waals surface area contributed by atoms with Crippen LogP contribution in [-0.2, 0) is 9.59 Å². The molecule has 1 aliphatic carbocycles. The van der Waals surface area contributed by atoms with Gasteiger partial charge in [-0.25, -0.2) is 4.79 Å². The van der Waals surface area contributed by atoms with Gasteiger partial charge in [-0.2, -0.15) is 0 Å². The van der Waals surface area contributed by atoms with Gasteiger partial charge in [0.25, 0.3) is 0 Å². The molecule has 2 aromatic carbocycles. The first-order valence-corrected chi connectivity index (χ1v) is 8.45. The van der Waals surface area contributed by atoms with Gasteiger partial charge in [0.1, 0.15) is 0 Å². The van der Waals surface area contributed by atoms with Crippen molar-refractivity contribution in [2.45, 2.75) is 6.42 Å². The highest BCUT2D eigenvalue weighted by molar-refractivity contribution is 6.19. The molecule has 0 bridgehead atoms. The lowest BCUT2D eigenvalue weighted by Gasteiger charge is -2.29. The van der Waals surface area contributed by atoms with Gasteiger partial charge in [-0.15, -0.1) is 0 Å². The Kier molecular flexibility index (Phi) is 5.04. The van der Waals surface area contributed by atoms with Gasteiger partial charge in [-0.05, 0) is 6.08 Å². The fraction of sp³-hybridized carbons (Fsp3) is 0.0909. The van der Waals surface area contributed by atoms with Gasteiger partial charge < -0.3 is 10.2 Å². The van der Waals surface area contributed by atoms with Crippen molar-refractivity contribution < 1.29 is 29.4 Å². The topological polar surface area (TPSA) is 109 Å². The third-order valence-corrected chi connectivity index (χ3v) is 4.68. The first kappa shape index (κ1) is 19.0. The van der Waals surface area contributed by atoms with Gasteiger partial charge >= 0.3 is 11.9 Å². The minimum atomic E-state index is -2.06. The van der Waals surface area contributed by atoms with E-state index in [1.807, 2.05) is 0 Å². The van der Waals surface area contributed by atoms with E-state index in [4.69, 9.17) is 0 Å². The Morgan fingerprint density at radius 2 is 1.32 bits per heavy atom. The molecule has 2 N–H and O–H groups in total. The fourth-order valence-electron chi connectivity index (χ4n) is 3.17. The Hall–Kier alpha value is -3.80. The Bertz CT molecular complexity index is 1020. The van der Waals surface area contributed by atoms with Crippen molar-refractivity contribution in [3.8, 4) is 0 Å². The predicted octanol–water partition coefficient (Wildman–Crippen LogP) is 3.16. The van der Waals surface area contributed by atoms with E-state index in [1.165, 1.54) is 24.3 Å². The van der Waals surface area contributed by atoms with Crippen LogP contribution in [0, 0.1) is 5.41 Å². The maximum Gasteiger partial charge on any atom is 0.336 e. The van der Waals surface area contributed by atoms with E-state index >= 15 is 0 Å². The van der Waals surface area contributed by atoms with Gasteiger partial charge in [0, 0.05) is 23.1 Å². The lowest BCUT2D eigenvalue weighted by molar-refractivity contribution is -0.143. The summed E-state index contributed by atoms with van der Waals surface area (Å²) in [5, 5.41) is 19.3. The maximum absolute atomic E-state index is 13.0. The van der Waals surface area contributed by atoms with Crippen LogP contribution in [0.5, 0.6) is 0 Å². The van der Waals surface area contributed by atoms with Crippen molar-refractivity contribution in [2.75, 3.05) is 0 Å². The maximum atomic E-state index is 13.0. The van der Waals surface area contributed by atoms with Crippen molar-refractivity contribution in [1.29, 1.82) is 0 Å². The van der Waals surface area contributed by atoms with Crippen LogP contribution in [0.1, 0.15) is 27.1 Å². The fourth-order valence-corrected chi connectivity index (χ4v) is 3.17. The second kappa shape index (κ2) is 7.44. The van der Waals surface area contributed by atoms with Gasteiger partial charge in [-0.3, -0.25) is 14.4 Å². The second-order valence-corrected chi connectivity index (χ2v) is 6.37. The van der Waals surface area contributed by atoms with Crippen LogP contribution in [0.25, 0.3) is 0 Å². The highest BCUT2D eigenvalue weighted by Gasteiger charge is 2.48. The predicted molar refractivity (Wildman–Crippen MR) is 100 cm³/mol. The molecular weight excluding hydrogens is 360 g/mol. The summed E-state index contributed by atoms with van der Waals surface area (Å²) in [7, 11) is 0. The Morgan fingerprint density at radius 3 is 1.82 bits per heavy atom. The molecule has 28 heavy (non-hydrogen) atoms. The van der Waals surface area contributed by atoms with E-state index in [0.717, 1.165) is 12.2 Å². The summed E-state index contributed by atoms with van der Waals surface area (Å²) in [5.74, 6) is -4.13. The van der Waals surface area contributed by atoms with Crippen molar-refractivity contribution in [1.82, 2.24) is 0 Å². The molecule has 0 fully saturated rings. The summed E-state index contributed by atoms with van der Waals surface area (Å²) >= 11 is 0. The summed E-state index contributed by atoms with van der Waals surface area (Å²) in [6.45, 7) is 0. The number of carbonyl (C=O) groups excluding carboxylic acids is 2. The average Bonchev–Trinajstić information content (AvgIpc) is 2.73. The molecule has 0 aliphatic heterocycles. The van der Waals surface area contributed by atoms with E-state index in [2.05, 4.69) is 0 Å². The minimum Gasteiger partial charge on any atom is -0.480 e. The largest absolute Gasteiger partial charge is 0.480 e. The molecule has 0 aromatic heterocycles. The number of carboxylic acids is 2. The van der Waals surface area contributed by atoms with E-state index in [1.54, 1.807) is 36.4 Å². The number of ketones is 2. The standard InChI is InChI=1S/C22H16O6/c23-18(14-7-3-1-4-8-14)17-13-22(21(27)28,12-11-16(17)20(25)26)19(24)15-9-5-2-6-10-15/h1-12H,13H2,(H,25,26)(H,27,28). The SMILES string of the molecule is O=C(O)C1=C(C(=O)c2ccccc2)CC(C(=O)O)(C(=O)c2ccccc2)C=C1. The third kappa shape index (κ3) is 3.27. The molecule has 1 atom stereocenters. The van der Waals surface area contributed by atoms with Crippen LogP contribution in [0.4, 0.5) is 0 Å². The molecule has 6 nitrogen and oxygen atoms in total. The van der Waals surface area contributed by atoms with Crippen LogP contribution in [0.3, 0.4) is 0 Å². The zero-order valence-electron chi connectivity index (χ0n) is 14.7. The summed E-state index contributed by atoms with van der Waals surface area (Å²) < 4.78 is 0. The monoisotopic (exact) mass is 376 g/mol. The molecule has 0 saturated heterocycles.